The van der Waals surface area contributed by atoms with Gasteiger partial charge in [0.25, 0.3) is 0 Å². The van der Waals surface area contributed by atoms with E-state index in [2.05, 4.69) is 11.7 Å². The topological polar surface area (TPSA) is 80.7 Å². The monoisotopic (exact) mass is 394 g/mol. The van der Waals surface area contributed by atoms with E-state index in [1.165, 1.54) is 7.11 Å². The van der Waals surface area contributed by atoms with E-state index < -0.39 is 6.10 Å². The second-order valence-corrected chi connectivity index (χ2v) is 8.38. The first-order valence-corrected chi connectivity index (χ1v) is 10.7. The number of allylic oxidation sites excluding steroid dienone is 2. The summed E-state index contributed by atoms with van der Waals surface area (Å²) in [6.07, 6.45) is 9.33. The maximum atomic E-state index is 12.3. The number of aliphatic hydroxyl groups is 1. The molecular weight excluding hydrogens is 356 g/mol. The first kappa shape index (κ1) is 24.5. The summed E-state index contributed by atoms with van der Waals surface area (Å²) in [5, 5.41) is 10.3. The minimum atomic E-state index is -0.636. The van der Waals surface area contributed by atoms with Crippen LogP contribution in [0.3, 0.4) is 0 Å². The van der Waals surface area contributed by atoms with Crippen LogP contribution in [0.25, 0.3) is 0 Å². The van der Waals surface area contributed by atoms with Crippen LogP contribution in [-0.4, -0.2) is 35.9 Å². The third kappa shape index (κ3) is 8.26. The van der Waals surface area contributed by atoms with Gasteiger partial charge in [0.05, 0.1) is 13.2 Å². The van der Waals surface area contributed by atoms with E-state index in [-0.39, 0.29) is 47.6 Å². The molecule has 0 aliphatic heterocycles. The number of esters is 1. The number of aliphatic hydroxyl groups excluding tert-OH is 1. The molecule has 0 aromatic carbocycles. The summed E-state index contributed by atoms with van der Waals surface area (Å²) in [5.41, 5.74) is 0. The summed E-state index contributed by atoms with van der Waals surface area (Å²) in [7, 11) is 1.39. The maximum Gasteiger partial charge on any atom is 0.305 e. The van der Waals surface area contributed by atoms with Crippen molar-refractivity contribution in [3.8, 4) is 0 Å². The van der Waals surface area contributed by atoms with Crippen LogP contribution in [0.5, 0.6) is 0 Å². The van der Waals surface area contributed by atoms with Crippen molar-refractivity contribution in [1.29, 1.82) is 0 Å². The molecule has 1 rings (SSSR count). The molecule has 0 radical (unpaired) electrons. The highest BCUT2D eigenvalue weighted by atomic mass is 16.5. The quantitative estimate of drug-likeness (QED) is 0.373. The number of carbonyl (C=O) groups is 3. The van der Waals surface area contributed by atoms with Crippen LogP contribution in [-0.2, 0) is 19.1 Å². The van der Waals surface area contributed by atoms with Crippen molar-refractivity contribution in [2.75, 3.05) is 7.11 Å². The van der Waals surface area contributed by atoms with Crippen LogP contribution in [0.2, 0.25) is 0 Å². The second kappa shape index (κ2) is 12.9. The minimum Gasteiger partial charge on any atom is -0.469 e. The molecule has 1 aliphatic rings. The lowest BCUT2D eigenvalue weighted by molar-refractivity contribution is -0.141. The molecule has 5 atom stereocenters. The van der Waals surface area contributed by atoms with Gasteiger partial charge in [-0.3, -0.25) is 14.4 Å². The van der Waals surface area contributed by atoms with E-state index in [0.717, 1.165) is 25.7 Å². The van der Waals surface area contributed by atoms with Crippen LogP contribution in [0.15, 0.2) is 12.2 Å². The Labute approximate surface area is 169 Å². The fraction of sp³-hybridized carbons (Fsp3) is 0.783. The molecule has 0 amide bonds. The third-order valence-electron chi connectivity index (χ3n) is 5.94. The molecule has 160 valence electrons. The maximum absolute atomic E-state index is 12.3. The molecule has 1 aliphatic carbocycles. The van der Waals surface area contributed by atoms with Crippen LogP contribution >= 0.6 is 0 Å². The Morgan fingerprint density at radius 3 is 2.64 bits per heavy atom. The third-order valence-corrected chi connectivity index (χ3v) is 5.94. The van der Waals surface area contributed by atoms with Crippen LogP contribution in [0, 0.1) is 23.7 Å². The van der Waals surface area contributed by atoms with Gasteiger partial charge in [-0.2, -0.15) is 0 Å². The minimum absolute atomic E-state index is 0.0591. The number of hydrogen-bond acceptors (Lipinski definition) is 5. The lowest BCUT2D eigenvalue weighted by atomic mass is 9.85. The summed E-state index contributed by atoms with van der Waals surface area (Å²) in [5.74, 6) is 0.0263. The van der Waals surface area contributed by atoms with E-state index in [9.17, 15) is 19.5 Å². The average Bonchev–Trinajstić information content (AvgIpc) is 2.93. The first-order valence-electron chi connectivity index (χ1n) is 10.7. The van der Waals surface area contributed by atoms with E-state index in [4.69, 9.17) is 0 Å². The zero-order valence-corrected chi connectivity index (χ0v) is 18.0. The van der Waals surface area contributed by atoms with Crippen molar-refractivity contribution in [2.45, 2.75) is 84.7 Å². The van der Waals surface area contributed by atoms with Crippen LogP contribution < -0.4 is 0 Å². The van der Waals surface area contributed by atoms with Crippen LogP contribution in [0.4, 0.5) is 0 Å². The number of carbonyl (C=O) groups excluding carboxylic acids is 3. The number of ketones is 2. The van der Waals surface area contributed by atoms with Crippen LogP contribution in [0.1, 0.15) is 78.6 Å². The fourth-order valence-electron chi connectivity index (χ4n) is 3.96. The Morgan fingerprint density at radius 1 is 1.29 bits per heavy atom. The van der Waals surface area contributed by atoms with E-state index in [1.807, 2.05) is 26.0 Å². The molecule has 1 fully saturated rings. The molecule has 1 N–H and O–H groups in total. The lowest BCUT2D eigenvalue weighted by Gasteiger charge is -2.20. The number of unbranched alkanes of at least 4 members (excludes halogenated alkanes) is 1. The zero-order chi connectivity index (χ0) is 21.1. The number of rotatable bonds is 13. The molecular formula is C23H38O5. The number of methoxy groups -OCH3 is 1. The number of hydrogen-bond donors (Lipinski definition) is 1. The highest BCUT2D eigenvalue weighted by molar-refractivity contribution is 5.85. The van der Waals surface area contributed by atoms with Gasteiger partial charge in [0.15, 0.2) is 0 Å². The van der Waals surface area contributed by atoms with E-state index in [1.54, 1.807) is 0 Å². The van der Waals surface area contributed by atoms with Crippen molar-refractivity contribution in [3.63, 3.8) is 0 Å². The van der Waals surface area contributed by atoms with E-state index >= 15 is 0 Å². The van der Waals surface area contributed by atoms with Crippen molar-refractivity contribution >= 4 is 17.5 Å². The zero-order valence-electron chi connectivity index (χ0n) is 18.0. The Morgan fingerprint density at radius 2 is 2.00 bits per heavy atom. The van der Waals surface area contributed by atoms with Gasteiger partial charge in [0.1, 0.15) is 11.6 Å². The van der Waals surface area contributed by atoms with Gasteiger partial charge in [-0.1, -0.05) is 45.8 Å². The molecule has 0 spiro atoms. The molecule has 0 aromatic rings. The van der Waals surface area contributed by atoms with Gasteiger partial charge in [-0.05, 0) is 37.5 Å². The van der Waals surface area contributed by atoms with Crippen molar-refractivity contribution < 1.29 is 24.2 Å². The average molecular weight is 395 g/mol. The molecule has 28 heavy (non-hydrogen) atoms. The summed E-state index contributed by atoms with van der Waals surface area (Å²) in [4.78, 5) is 35.9. The normalized spacial score (nSPS) is 24.5. The Bertz CT molecular complexity index is 539. The highest BCUT2D eigenvalue weighted by Gasteiger charge is 2.40. The molecule has 0 bridgehead atoms. The largest absolute Gasteiger partial charge is 0.469 e. The van der Waals surface area contributed by atoms with Gasteiger partial charge in [0, 0.05) is 31.1 Å². The summed E-state index contributed by atoms with van der Waals surface area (Å²) in [6.45, 7) is 6.08. The Balaban J connectivity index is 2.50. The number of Topliss-reactive ketones (excluding diaryl/α,β-unsaturated/α-hetero) is 2. The Kier molecular flexibility index (Phi) is 11.3. The van der Waals surface area contributed by atoms with E-state index in [0.29, 0.717) is 25.7 Å². The molecule has 0 aromatic heterocycles. The lowest BCUT2D eigenvalue weighted by Crippen LogP contribution is -2.22. The molecule has 1 saturated carbocycles. The first-order chi connectivity index (χ1) is 13.3. The Hall–Kier alpha value is -1.49. The van der Waals surface area contributed by atoms with Gasteiger partial charge >= 0.3 is 5.97 Å². The van der Waals surface area contributed by atoms with Gasteiger partial charge in [0.2, 0.25) is 0 Å². The smallest absolute Gasteiger partial charge is 0.305 e. The molecule has 0 heterocycles. The van der Waals surface area contributed by atoms with Crippen molar-refractivity contribution in [3.05, 3.63) is 12.2 Å². The summed E-state index contributed by atoms with van der Waals surface area (Å²) >= 11 is 0. The summed E-state index contributed by atoms with van der Waals surface area (Å²) in [6, 6.07) is 0. The standard InChI is InChI=1S/C23H38O5/c1-5-6-10-17(3)20(24)13-12-19-18(21(25)15-22(19)26)11-8-7-9-16(2)14-23(27)28-4/h7-8,16-19,22,26H,5-6,9-15H2,1-4H3/t16?,17?,18?,19-,22?/m1/s1. The van der Waals surface area contributed by atoms with Crippen molar-refractivity contribution in [1.82, 2.24) is 0 Å². The summed E-state index contributed by atoms with van der Waals surface area (Å²) < 4.78 is 4.67. The van der Waals surface area contributed by atoms with Gasteiger partial charge in [-0.25, -0.2) is 0 Å². The fourth-order valence-corrected chi connectivity index (χ4v) is 3.96. The number of ether oxygens (including phenoxy) is 1. The highest BCUT2D eigenvalue weighted by Crippen LogP contribution is 2.35. The predicted molar refractivity (Wildman–Crippen MR) is 110 cm³/mol. The van der Waals surface area contributed by atoms with Gasteiger partial charge < -0.3 is 9.84 Å². The second-order valence-electron chi connectivity index (χ2n) is 8.38. The van der Waals surface area contributed by atoms with Crippen molar-refractivity contribution in [2.24, 2.45) is 23.7 Å². The van der Waals surface area contributed by atoms with Gasteiger partial charge in [-0.15, -0.1) is 0 Å². The molecule has 5 nitrogen and oxygen atoms in total. The SMILES string of the molecule is CCCCC(C)C(=O)CC[C@H]1C(O)CC(=O)C1CC=CCC(C)CC(=O)OC. The molecule has 4 unspecified atom stereocenters. The predicted octanol–water partition coefficient (Wildman–Crippen LogP) is 4.26. The molecule has 0 saturated heterocycles. The molecule has 5 heteroatoms.